The van der Waals surface area contributed by atoms with Crippen LogP contribution >= 0.6 is 0 Å². The van der Waals surface area contributed by atoms with Crippen LogP contribution in [0.2, 0.25) is 0 Å². The predicted octanol–water partition coefficient (Wildman–Crippen LogP) is 9.78. The molecule has 8 rings (SSSR count). The first-order valence-electron chi connectivity index (χ1n) is 13.2. The van der Waals surface area contributed by atoms with E-state index in [1.54, 1.807) is 0 Å². The van der Waals surface area contributed by atoms with Crippen molar-refractivity contribution >= 4 is 55.9 Å². The van der Waals surface area contributed by atoms with E-state index < -0.39 is 0 Å². The van der Waals surface area contributed by atoms with Crippen molar-refractivity contribution in [2.24, 2.45) is 0 Å². The molecule has 0 amide bonds. The number of hydrogen-bond acceptors (Lipinski definition) is 4. The van der Waals surface area contributed by atoms with E-state index in [2.05, 4.69) is 72.8 Å². The first-order chi connectivity index (χ1) is 19.8. The Kier molecular flexibility index (Phi) is 5.10. The summed E-state index contributed by atoms with van der Waals surface area (Å²) in [6.07, 6.45) is 4.20. The van der Waals surface area contributed by atoms with E-state index in [4.69, 9.17) is 18.8 Å². The smallest absolute Gasteiger partial charge is 0.227 e. The van der Waals surface area contributed by atoms with E-state index in [1.165, 1.54) is 0 Å². The highest BCUT2D eigenvalue weighted by Gasteiger charge is 2.12. The van der Waals surface area contributed by atoms with E-state index in [1.807, 2.05) is 60.7 Å². The highest BCUT2D eigenvalue weighted by Crippen LogP contribution is 2.32. The molecular formula is C36H22N2O2. The Morgan fingerprint density at radius 3 is 1.30 bits per heavy atom. The molecule has 0 saturated heterocycles. The van der Waals surface area contributed by atoms with Crippen LogP contribution < -0.4 is 0 Å². The van der Waals surface area contributed by atoms with Crippen molar-refractivity contribution in [1.29, 1.82) is 0 Å². The summed E-state index contributed by atoms with van der Waals surface area (Å²) in [5.74, 6) is 1.26. The van der Waals surface area contributed by atoms with Gasteiger partial charge in [-0.25, -0.2) is 9.97 Å². The fourth-order valence-corrected chi connectivity index (χ4v) is 5.22. The van der Waals surface area contributed by atoms with Crippen molar-refractivity contribution in [2.45, 2.75) is 0 Å². The van der Waals surface area contributed by atoms with Gasteiger partial charge in [0.15, 0.2) is 11.2 Å². The largest absolute Gasteiger partial charge is 0.435 e. The average molecular weight is 515 g/mol. The molecule has 2 heterocycles. The van der Waals surface area contributed by atoms with Crippen LogP contribution in [0.1, 0.15) is 11.1 Å². The van der Waals surface area contributed by atoms with Gasteiger partial charge in [-0.05, 0) is 58.3 Å². The molecule has 4 nitrogen and oxygen atoms in total. The number of fused-ring (bicyclic) bond motifs is 6. The Labute approximate surface area is 229 Å². The number of benzene rings is 6. The highest BCUT2D eigenvalue weighted by atomic mass is 16.4. The van der Waals surface area contributed by atoms with Gasteiger partial charge in [-0.3, -0.25) is 0 Å². The van der Waals surface area contributed by atoms with Gasteiger partial charge >= 0.3 is 0 Å². The normalized spacial score (nSPS) is 11.9. The van der Waals surface area contributed by atoms with Crippen LogP contribution in [-0.4, -0.2) is 9.97 Å². The van der Waals surface area contributed by atoms with Crippen molar-refractivity contribution in [1.82, 2.24) is 9.97 Å². The second-order valence-electron chi connectivity index (χ2n) is 9.89. The summed E-state index contributed by atoms with van der Waals surface area (Å²) in [7, 11) is 0. The molecular weight excluding hydrogens is 492 g/mol. The molecule has 0 aliphatic carbocycles. The van der Waals surface area contributed by atoms with Crippen LogP contribution in [0.25, 0.3) is 78.8 Å². The van der Waals surface area contributed by atoms with Crippen molar-refractivity contribution < 1.29 is 8.83 Å². The van der Waals surface area contributed by atoms with Crippen LogP contribution in [-0.2, 0) is 0 Å². The van der Waals surface area contributed by atoms with Gasteiger partial charge in [0.05, 0.1) is 0 Å². The minimum absolute atomic E-state index is 0.629. The summed E-state index contributed by atoms with van der Waals surface area (Å²) < 4.78 is 12.4. The molecule has 8 aromatic rings. The second-order valence-corrected chi connectivity index (χ2v) is 9.89. The van der Waals surface area contributed by atoms with Gasteiger partial charge in [-0.1, -0.05) is 97.1 Å². The van der Waals surface area contributed by atoms with Crippen molar-refractivity contribution in [3.05, 3.63) is 132 Å². The molecule has 0 bridgehead atoms. The molecule has 0 N–H and O–H groups in total. The minimum Gasteiger partial charge on any atom is -0.435 e. The summed E-state index contributed by atoms with van der Waals surface area (Å²) in [5, 5.41) is 4.45. The molecule has 0 atom stereocenters. The highest BCUT2D eigenvalue weighted by molar-refractivity contribution is 6.04. The van der Waals surface area contributed by atoms with Crippen molar-refractivity contribution in [3.63, 3.8) is 0 Å². The molecule has 6 aromatic carbocycles. The number of aromatic nitrogens is 2. The Balaban J connectivity index is 1.02. The summed E-state index contributed by atoms with van der Waals surface area (Å²) in [4.78, 5) is 9.44. The molecule has 188 valence electrons. The lowest BCUT2D eigenvalue weighted by Gasteiger charge is -1.99. The minimum atomic E-state index is 0.629. The summed E-state index contributed by atoms with van der Waals surface area (Å²) >= 11 is 0. The quantitative estimate of drug-likeness (QED) is 0.219. The molecule has 0 radical (unpaired) electrons. The first-order valence-corrected chi connectivity index (χ1v) is 13.2. The molecule has 0 spiro atoms. The van der Waals surface area contributed by atoms with Gasteiger partial charge in [-0.15, -0.1) is 0 Å². The van der Waals surface area contributed by atoms with Crippen LogP contribution in [0.4, 0.5) is 0 Å². The summed E-state index contributed by atoms with van der Waals surface area (Å²) in [6.45, 7) is 0. The van der Waals surface area contributed by atoms with Gasteiger partial charge in [-0.2, -0.15) is 0 Å². The number of nitrogens with zero attached hydrogens (tertiary/aromatic N) is 2. The topological polar surface area (TPSA) is 52.1 Å². The molecule has 0 aliphatic rings. The van der Waals surface area contributed by atoms with Gasteiger partial charge in [0, 0.05) is 21.9 Å². The van der Waals surface area contributed by atoms with Gasteiger partial charge < -0.3 is 8.83 Å². The molecule has 0 saturated carbocycles. The average Bonchev–Trinajstić information content (AvgIpc) is 3.66. The third-order valence-electron chi connectivity index (χ3n) is 7.34. The number of hydrogen-bond donors (Lipinski definition) is 0. The molecule has 4 heteroatoms. The zero-order valence-corrected chi connectivity index (χ0v) is 21.4. The molecule has 0 aliphatic heterocycles. The summed E-state index contributed by atoms with van der Waals surface area (Å²) in [5.41, 5.74) is 7.49. The van der Waals surface area contributed by atoms with E-state index in [9.17, 15) is 0 Å². The fraction of sp³-hybridized carbons (Fsp3) is 0. The van der Waals surface area contributed by atoms with E-state index >= 15 is 0 Å². The SMILES string of the molecule is C(=Cc1ccc(-c2nc3ccc4ccccc4c3o2)cc1)c1ccc(-c2nc3ccc4ccccc4c3o2)cc1. The van der Waals surface area contributed by atoms with Gasteiger partial charge in [0.25, 0.3) is 0 Å². The number of rotatable bonds is 4. The van der Waals surface area contributed by atoms with Gasteiger partial charge in [0.2, 0.25) is 11.8 Å². The van der Waals surface area contributed by atoms with E-state index in [-0.39, 0.29) is 0 Å². The number of oxazole rings is 2. The lowest BCUT2D eigenvalue weighted by Crippen LogP contribution is -1.79. The monoisotopic (exact) mass is 514 g/mol. The molecule has 0 unspecified atom stereocenters. The lowest BCUT2D eigenvalue weighted by atomic mass is 10.1. The van der Waals surface area contributed by atoms with Crippen LogP contribution in [0.5, 0.6) is 0 Å². The maximum atomic E-state index is 6.18. The standard InChI is InChI=1S/C36H22N2O2/c1-3-7-29-25(5-1)19-21-31-33(29)39-35(37-31)27-15-11-23(12-16-27)9-10-24-13-17-28(18-14-24)36-38-32-22-20-26-6-2-4-8-30(26)34(32)40-36/h1-22H. The third kappa shape index (κ3) is 3.86. The molecule has 0 fully saturated rings. The Morgan fingerprint density at radius 2 is 0.850 bits per heavy atom. The first kappa shape index (κ1) is 22.5. The lowest BCUT2D eigenvalue weighted by molar-refractivity contribution is 0.622. The second kappa shape index (κ2) is 9.07. The van der Waals surface area contributed by atoms with Gasteiger partial charge in [0.1, 0.15) is 11.0 Å². The van der Waals surface area contributed by atoms with Crippen molar-refractivity contribution in [2.75, 3.05) is 0 Å². The Hall–Kier alpha value is -5.48. The molecule has 40 heavy (non-hydrogen) atoms. The predicted molar refractivity (Wildman–Crippen MR) is 163 cm³/mol. The zero-order chi connectivity index (χ0) is 26.5. The van der Waals surface area contributed by atoms with Crippen molar-refractivity contribution in [3.8, 4) is 22.9 Å². The summed E-state index contributed by atoms with van der Waals surface area (Å²) in [6, 6.07) is 41.1. The fourth-order valence-electron chi connectivity index (χ4n) is 5.22. The maximum absolute atomic E-state index is 6.18. The molecule has 2 aromatic heterocycles. The van der Waals surface area contributed by atoms with E-state index in [0.717, 1.165) is 66.0 Å². The van der Waals surface area contributed by atoms with E-state index in [0.29, 0.717) is 11.8 Å². The Bertz CT molecular complexity index is 2040. The zero-order valence-electron chi connectivity index (χ0n) is 21.4. The Morgan fingerprint density at radius 1 is 0.425 bits per heavy atom. The van der Waals surface area contributed by atoms with Crippen LogP contribution in [0, 0.1) is 0 Å². The van der Waals surface area contributed by atoms with Crippen LogP contribution in [0.15, 0.2) is 130 Å². The van der Waals surface area contributed by atoms with Crippen LogP contribution in [0.3, 0.4) is 0 Å². The maximum Gasteiger partial charge on any atom is 0.227 e. The third-order valence-corrected chi connectivity index (χ3v) is 7.34.